The smallest absolute Gasteiger partial charge is 0.306 e. The summed E-state index contributed by atoms with van der Waals surface area (Å²) in [6.07, 6.45) is 4.97. The molecule has 0 bridgehead atoms. The van der Waals surface area contributed by atoms with E-state index >= 15 is 0 Å². The van der Waals surface area contributed by atoms with E-state index in [1.54, 1.807) is 6.07 Å². The molecule has 8 heteroatoms. The van der Waals surface area contributed by atoms with Gasteiger partial charge in [-0.1, -0.05) is 7.43 Å². The molecule has 6 nitrogen and oxygen atoms in total. The highest BCUT2D eigenvalue weighted by Gasteiger charge is 2.56. The number of halogens is 2. The lowest BCUT2D eigenvalue weighted by Gasteiger charge is -2.57. The van der Waals surface area contributed by atoms with Gasteiger partial charge < -0.3 is 14.4 Å². The van der Waals surface area contributed by atoms with E-state index in [0.717, 1.165) is 72.3 Å². The molecule has 4 aliphatic rings. The lowest BCUT2D eigenvalue weighted by atomic mass is 9.47. The number of rotatable bonds is 4. The number of hydrogen-bond acceptors (Lipinski definition) is 4. The maximum Gasteiger partial charge on any atom is 0.306 e. The first kappa shape index (κ1) is 25.7. The fourth-order valence-electron chi connectivity index (χ4n) is 7.51. The van der Waals surface area contributed by atoms with E-state index in [9.17, 15) is 23.9 Å². The van der Waals surface area contributed by atoms with Crippen LogP contribution in [0.15, 0.2) is 35.3 Å². The number of carbonyl (C=O) groups is 1. The Labute approximate surface area is 225 Å². The summed E-state index contributed by atoms with van der Waals surface area (Å²) in [7, 11) is 0. The number of hydrogen-bond donors (Lipinski definition) is 1. The maximum absolute atomic E-state index is 14.6. The highest BCUT2D eigenvalue weighted by atomic mass is 19.2. The van der Waals surface area contributed by atoms with Crippen LogP contribution < -0.4 is 0 Å². The van der Waals surface area contributed by atoms with Gasteiger partial charge in [-0.3, -0.25) is 9.79 Å². The fraction of sp³-hybridized carbons (Fsp3) is 0.452. The van der Waals surface area contributed by atoms with Crippen LogP contribution in [0.5, 0.6) is 0 Å². The van der Waals surface area contributed by atoms with Gasteiger partial charge in [0.05, 0.1) is 18.0 Å². The average Bonchev–Trinajstić information content (AvgIpc) is 3.41. The quantitative estimate of drug-likeness (QED) is 0.410. The van der Waals surface area contributed by atoms with Crippen LogP contribution in [-0.4, -0.2) is 34.6 Å². The Hall–Kier alpha value is -3.57. The predicted octanol–water partition coefficient (Wildman–Crippen LogP) is 6.62. The summed E-state index contributed by atoms with van der Waals surface area (Å²) >= 11 is 0. The van der Waals surface area contributed by atoms with Crippen molar-refractivity contribution in [3.63, 3.8) is 0 Å². The van der Waals surface area contributed by atoms with E-state index in [0.29, 0.717) is 31.2 Å². The van der Waals surface area contributed by atoms with Gasteiger partial charge in [0.25, 0.3) is 0 Å². The number of aromatic nitrogens is 1. The van der Waals surface area contributed by atoms with Gasteiger partial charge in [0.1, 0.15) is 11.8 Å². The van der Waals surface area contributed by atoms with Gasteiger partial charge in [-0.25, -0.2) is 8.78 Å². The molecular weight excluding hydrogens is 500 g/mol. The molecule has 2 saturated carbocycles. The minimum atomic E-state index is -0.902. The first-order valence-corrected chi connectivity index (χ1v) is 13.3. The first-order chi connectivity index (χ1) is 18.4. The van der Waals surface area contributed by atoms with Gasteiger partial charge in [0.15, 0.2) is 11.6 Å². The van der Waals surface area contributed by atoms with Crippen molar-refractivity contribution in [1.29, 1.82) is 5.26 Å². The van der Waals surface area contributed by atoms with Gasteiger partial charge in [-0.05, 0) is 85.3 Å². The van der Waals surface area contributed by atoms with E-state index in [2.05, 4.69) is 21.7 Å². The molecule has 1 aromatic heterocycles. The third-order valence-corrected chi connectivity index (χ3v) is 9.28. The topological polar surface area (TPSA) is 87.6 Å². The second-order valence-corrected chi connectivity index (χ2v) is 11.5. The summed E-state index contributed by atoms with van der Waals surface area (Å²) in [6, 6.07) is 10.4. The molecule has 0 atom stereocenters. The van der Waals surface area contributed by atoms with E-state index in [4.69, 9.17) is 4.74 Å². The molecule has 2 aliphatic carbocycles. The van der Waals surface area contributed by atoms with Crippen molar-refractivity contribution in [3.8, 4) is 11.8 Å². The highest BCUT2D eigenvalue weighted by Crippen LogP contribution is 2.65. The lowest BCUT2D eigenvalue weighted by Crippen LogP contribution is -2.49. The lowest BCUT2D eigenvalue weighted by molar-refractivity contribution is -0.155. The molecule has 202 valence electrons. The normalized spacial score (nSPS) is 25.8. The molecule has 1 saturated heterocycles. The summed E-state index contributed by atoms with van der Waals surface area (Å²) < 4.78 is 36.3. The van der Waals surface area contributed by atoms with Crippen LogP contribution in [0.4, 0.5) is 8.78 Å². The Kier molecular flexibility index (Phi) is 6.11. The second kappa shape index (κ2) is 9.27. The molecule has 0 radical (unpaired) electrons. The number of carboxylic acids is 1. The van der Waals surface area contributed by atoms with E-state index in [-0.39, 0.29) is 30.6 Å². The van der Waals surface area contributed by atoms with E-state index in [1.165, 1.54) is 11.6 Å². The van der Waals surface area contributed by atoms with Gasteiger partial charge in [-0.15, -0.1) is 0 Å². The molecule has 0 amide bonds. The second-order valence-electron chi connectivity index (χ2n) is 11.5. The molecule has 0 unspecified atom stereocenters. The first-order valence-electron chi connectivity index (χ1n) is 13.3. The third kappa shape index (κ3) is 3.89. The van der Waals surface area contributed by atoms with Gasteiger partial charge >= 0.3 is 5.97 Å². The Morgan fingerprint density at radius 1 is 1.08 bits per heavy atom. The summed E-state index contributed by atoms with van der Waals surface area (Å²) in [6.45, 7) is 1.73. The maximum atomic E-state index is 14.6. The SMILES string of the molecule is C.N#CC1=NCc2cc3c(C4CC5(CC(C(=O)O)C5)C4)c(C4CCOCC4)n(-c4ccc(F)c(F)c4)c3cc21. The number of ether oxygens (including phenoxy) is 1. The van der Waals surface area contributed by atoms with Crippen molar-refractivity contribution in [1.82, 2.24) is 4.57 Å². The van der Waals surface area contributed by atoms with Crippen LogP contribution in [0.25, 0.3) is 16.6 Å². The Balaban J connectivity index is 0.00000277. The van der Waals surface area contributed by atoms with Crippen molar-refractivity contribution >= 4 is 22.6 Å². The number of nitriles is 1. The Morgan fingerprint density at radius 3 is 2.49 bits per heavy atom. The minimum absolute atomic E-state index is 0. The predicted molar refractivity (Wildman–Crippen MR) is 143 cm³/mol. The molecule has 3 aromatic rings. The highest BCUT2D eigenvalue weighted by molar-refractivity contribution is 6.15. The van der Waals surface area contributed by atoms with Crippen LogP contribution in [0, 0.1) is 34.3 Å². The number of carboxylic acid groups (broad SMARTS) is 1. The third-order valence-electron chi connectivity index (χ3n) is 9.28. The molecular formula is C31H31F2N3O3. The molecule has 1 N–H and O–H groups in total. The molecule has 39 heavy (non-hydrogen) atoms. The van der Waals surface area contributed by atoms with Crippen LogP contribution >= 0.6 is 0 Å². The van der Waals surface area contributed by atoms with Crippen molar-refractivity contribution in [2.24, 2.45) is 16.3 Å². The van der Waals surface area contributed by atoms with Crippen LogP contribution in [0.3, 0.4) is 0 Å². The zero-order chi connectivity index (χ0) is 26.2. The van der Waals surface area contributed by atoms with Crippen LogP contribution in [-0.2, 0) is 16.1 Å². The van der Waals surface area contributed by atoms with Crippen molar-refractivity contribution in [2.45, 2.75) is 64.3 Å². The summed E-state index contributed by atoms with van der Waals surface area (Å²) in [4.78, 5) is 15.9. The number of nitrogens with zero attached hydrogens (tertiary/aromatic N) is 3. The number of fused-ring (bicyclic) bond motifs is 2. The molecule has 3 fully saturated rings. The van der Waals surface area contributed by atoms with Gasteiger partial charge in [0, 0.05) is 47.5 Å². The van der Waals surface area contributed by atoms with Gasteiger partial charge in [-0.2, -0.15) is 5.26 Å². The Bertz CT molecular complexity index is 1560. The molecule has 7 rings (SSSR count). The Morgan fingerprint density at radius 2 is 1.82 bits per heavy atom. The van der Waals surface area contributed by atoms with Crippen LogP contribution in [0.2, 0.25) is 0 Å². The van der Waals surface area contributed by atoms with E-state index < -0.39 is 17.6 Å². The summed E-state index contributed by atoms with van der Waals surface area (Å²) in [5.41, 5.74) is 6.04. The zero-order valence-electron chi connectivity index (χ0n) is 20.8. The average molecular weight is 532 g/mol. The largest absolute Gasteiger partial charge is 0.481 e. The van der Waals surface area contributed by atoms with Crippen LogP contribution in [0.1, 0.15) is 80.2 Å². The van der Waals surface area contributed by atoms with E-state index in [1.807, 2.05) is 6.07 Å². The number of aliphatic imine (C=N–C) groups is 1. The monoisotopic (exact) mass is 531 g/mol. The van der Waals surface area contributed by atoms with Gasteiger partial charge in [0.2, 0.25) is 0 Å². The number of benzene rings is 2. The summed E-state index contributed by atoms with van der Waals surface area (Å²) in [5, 5.41) is 20.1. The van der Waals surface area contributed by atoms with Crippen molar-refractivity contribution in [2.75, 3.05) is 13.2 Å². The summed E-state index contributed by atoms with van der Waals surface area (Å²) in [5.74, 6) is -2.31. The molecule has 3 heterocycles. The molecule has 1 spiro atoms. The van der Waals surface area contributed by atoms with Crippen molar-refractivity contribution < 1.29 is 23.4 Å². The number of aliphatic carboxylic acids is 1. The van der Waals surface area contributed by atoms with Crippen molar-refractivity contribution in [3.05, 3.63) is 64.4 Å². The molecule has 2 aliphatic heterocycles. The minimum Gasteiger partial charge on any atom is -0.481 e. The molecule has 2 aromatic carbocycles. The fourth-order valence-corrected chi connectivity index (χ4v) is 7.51. The zero-order valence-corrected chi connectivity index (χ0v) is 20.8. The standard InChI is InChI=1S/C30H27F2N3O3.CH4/c31-23-2-1-20(8-24(23)32)35-26-9-21-17(15-34-25(21)14-33)7-22(26)27(28(35)16-3-5-38-6-4-16)18-10-30(11-18)12-19(13-30)29(36)37;/h1-2,7-9,16,18-19H,3-6,10-13,15H2,(H,36,37);1H4.